The minimum atomic E-state index is -1.28. The standard InChI is InChI=1S/C17H16N4O4S/c1-9-5-4-6-10(7-9)13-18-14-12(15(19-13)26-8-11(22)23)16(24)21(3)17(25)20(14)2/h4-7H,8H2,1-3H3,(H,22,23)/p-1. The van der Waals surface area contributed by atoms with Crippen LogP contribution in [0.5, 0.6) is 0 Å². The number of carbonyl (C=O) groups excluding carboxylic acids is 1. The summed E-state index contributed by atoms with van der Waals surface area (Å²) >= 11 is 0.867. The van der Waals surface area contributed by atoms with Gasteiger partial charge in [-0.3, -0.25) is 13.9 Å². The minimum absolute atomic E-state index is 0.109. The molecule has 134 valence electrons. The van der Waals surface area contributed by atoms with E-state index in [1.54, 1.807) is 6.07 Å². The first-order valence-electron chi connectivity index (χ1n) is 7.67. The zero-order chi connectivity index (χ0) is 19.0. The van der Waals surface area contributed by atoms with Crippen molar-refractivity contribution in [3.8, 4) is 11.4 Å². The average molecular weight is 371 g/mol. The third-order valence-electron chi connectivity index (χ3n) is 3.87. The highest BCUT2D eigenvalue weighted by Crippen LogP contribution is 2.26. The van der Waals surface area contributed by atoms with Crippen LogP contribution in [0.15, 0.2) is 38.9 Å². The smallest absolute Gasteiger partial charge is 0.332 e. The van der Waals surface area contributed by atoms with Crippen LogP contribution in [0.3, 0.4) is 0 Å². The molecule has 3 aromatic rings. The van der Waals surface area contributed by atoms with Crippen LogP contribution in [0.2, 0.25) is 0 Å². The van der Waals surface area contributed by atoms with E-state index in [1.807, 2.05) is 25.1 Å². The molecule has 8 nitrogen and oxygen atoms in total. The van der Waals surface area contributed by atoms with E-state index in [0.29, 0.717) is 11.4 Å². The van der Waals surface area contributed by atoms with E-state index in [4.69, 9.17) is 0 Å². The summed E-state index contributed by atoms with van der Waals surface area (Å²) in [6.45, 7) is 1.92. The summed E-state index contributed by atoms with van der Waals surface area (Å²) in [6.07, 6.45) is 0. The molecule has 1 aromatic carbocycles. The van der Waals surface area contributed by atoms with Gasteiger partial charge in [-0.25, -0.2) is 14.8 Å². The van der Waals surface area contributed by atoms with Gasteiger partial charge in [-0.15, -0.1) is 0 Å². The van der Waals surface area contributed by atoms with Gasteiger partial charge in [0.05, 0.1) is 5.97 Å². The van der Waals surface area contributed by atoms with Crippen molar-refractivity contribution in [2.75, 3.05) is 5.75 Å². The van der Waals surface area contributed by atoms with Gasteiger partial charge in [0.25, 0.3) is 5.56 Å². The summed E-state index contributed by atoms with van der Waals surface area (Å²) in [7, 11) is 2.86. The lowest BCUT2D eigenvalue weighted by Gasteiger charge is -2.12. The molecule has 0 bridgehead atoms. The molecular weight excluding hydrogens is 356 g/mol. The molecule has 0 radical (unpaired) electrons. The lowest BCUT2D eigenvalue weighted by Crippen LogP contribution is -2.37. The van der Waals surface area contributed by atoms with Crippen LogP contribution in [-0.2, 0) is 18.9 Å². The Kier molecular flexibility index (Phi) is 4.64. The Balaban J connectivity index is 2.38. The zero-order valence-corrected chi connectivity index (χ0v) is 15.2. The second-order valence-electron chi connectivity index (χ2n) is 5.79. The van der Waals surface area contributed by atoms with Crippen molar-refractivity contribution in [2.45, 2.75) is 11.9 Å². The highest BCUT2D eigenvalue weighted by Gasteiger charge is 2.18. The predicted octanol–water partition coefficient (Wildman–Crippen LogP) is -0.155. The van der Waals surface area contributed by atoms with Crippen molar-refractivity contribution < 1.29 is 9.90 Å². The van der Waals surface area contributed by atoms with Crippen molar-refractivity contribution in [3.05, 3.63) is 50.7 Å². The minimum Gasteiger partial charge on any atom is -0.549 e. The van der Waals surface area contributed by atoms with Gasteiger partial charge in [0.2, 0.25) is 0 Å². The van der Waals surface area contributed by atoms with Crippen molar-refractivity contribution in [1.29, 1.82) is 0 Å². The number of nitrogens with zero attached hydrogens (tertiary/aromatic N) is 4. The monoisotopic (exact) mass is 371 g/mol. The van der Waals surface area contributed by atoms with Gasteiger partial charge in [-0.2, -0.15) is 0 Å². The van der Waals surface area contributed by atoms with Crippen molar-refractivity contribution >= 4 is 28.8 Å². The number of aryl methyl sites for hydroxylation is 2. The van der Waals surface area contributed by atoms with Crippen molar-refractivity contribution in [1.82, 2.24) is 19.1 Å². The van der Waals surface area contributed by atoms with Crippen LogP contribution < -0.4 is 16.4 Å². The summed E-state index contributed by atoms with van der Waals surface area (Å²) in [5.41, 5.74) is 0.765. The number of fused-ring (bicyclic) bond motifs is 1. The van der Waals surface area contributed by atoms with E-state index in [-0.39, 0.29) is 21.8 Å². The summed E-state index contributed by atoms with van der Waals surface area (Å²) in [6, 6.07) is 7.44. The number of thioether (sulfide) groups is 1. The molecule has 26 heavy (non-hydrogen) atoms. The number of hydrogen-bond donors (Lipinski definition) is 0. The Hall–Kier alpha value is -2.94. The number of aromatic nitrogens is 4. The van der Waals surface area contributed by atoms with E-state index in [0.717, 1.165) is 21.9 Å². The molecule has 0 aliphatic carbocycles. The van der Waals surface area contributed by atoms with E-state index in [9.17, 15) is 19.5 Å². The maximum absolute atomic E-state index is 12.6. The average Bonchev–Trinajstić information content (AvgIpc) is 2.62. The van der Waals surface area contributed by atoms with Gasteiger partial charge in [0.1, 0.15) is 10.4 Å². The highest BCUT2D eigenvalue weighted by atomic mass is 32.2. The van der Waals surface area contributed by atoms with Gasteiger partial charge in [-0.05, 0) is 13.0 Å². The first kappa shape index (κ1) is 17.9. The lowest BCUT2D eigenvalue weighted by atomic mass is 10.1. The van der Waals surface area contributed by atoms with E-state index < -0.39 is 17.2 Å². The van der Waals surface area contributed by atoms with Crippen LogP contribution in [0.25, 0.3) is 22.4 Å². The fourth-order valence-corrected chi connectivity index (χ4v) is 3.30. The fourth-order valence-electron chi connectivity index (χ4n) is 2.57. The molecule has 0 unspecified atom stereocenters. The van der Waals surface area contributed by atoms with Gasteiger partial charge in [0, 0.05) is 25.4 Å². The topological polar surface area (TPSA) is 110 Å². The van der Waals surface area contributed by atoms with Gasteiger partial charge >= 0.3 is 5.69 Å². The van der Waals surface area contributed by atoms with Gasteiger partial charge in [0.15, 0.2) is 11.5 Å². The number of hydrogen-bond acceptors (Lipinski definition) is 7. The molecule has 0 N–H and O–H groups in total. The number of benzene rings is 1. The Morgan fingerprint density at radius 3 is 2.58 bits per heavy atom. The van der Waals surface area contributed by atoms with E-state index in [2.05, 4.69) is 9.97 Å². The third-order valence-corrected chi connectivity index (χ3v) is 4.82. The molecule has 0 fully saturated rings. The molecule has 0 saturated carbocycles. The summed E-state index contributed by atoms with van der Waals surface area (Å²) in [4.78, 5) is 44.5. The van der Waals surface area contributed by atoms with Crippen LogP contribution in [-0.4, -0.2) is 30.8 Å². The third kappa shape index (κ3) is 3.13. The van der Waals surface area contributed by atoms with Crippen LogP contribution in [0.4, 0.5) is 0 Å². The largest absolute Gasteiger partial charge is 0.549 e. The van der Waals surface area contributed by atoms with Crippen molar-refractivity contribution in [3.63, 3.8) is 0 Å². The Bertz CT molecular complexity index is 1150. The van der Waals surface area contributed by atoms with Crippen molar-refractivity contribution in [2.24, 2.45) is 14.1 Å². The van der Waals surface area contributed by atoms with Crippen LogP contribution >= 0.6 is 11.8 Å². The number of rotatable bonds is 4. The number of carbonyl (C=O) groups is 1. The fraction of sp³-hybridized carbons (Fsp3) is 0.235. The zero-order valence-electron chi connectivity index (χ0n) is 14.3. The number of aliphatic carboxylic acids is 1. The first-order chi connectivity index (χ1) is 12.3. The molecule has 0 aliphatic rings. The Labute approximate surface area is 152 Å². The van der Waals surface area contributed by atoms with Gasteiger partial charge < -0.3 is 9.90 Å². The number of carboxylic acids is 1. The number of carboxylic acid groups (broad SMARTS) is 1. The maximum atomic E-state index is 12.6. The summed E-state index contributed by atoms with van der Waals surface area (Å²) < 4.78 is 2.20. The molecule has 0 atom stereocenters. The molecule has 9 heteroatoms. The first-order valence-corrected chi connectivity index (χ1v) is 8.65. The van der Waals surface area contributed by atoms with Crippen LogP contribution in [0, 0.1) is 6.92 Å². The molecule has 2 heterocycles. The highest BCUT2D eigenvalue weighted by molar-refractivity contribution is 8.00. The molecule has 2 aromatic heterocycles. The molecular formula is C17H15N4O4S-. The SMILES string of the molecule is Cc1cccc(-c2nc(SCC(=O)[O-])c3c(=O)n(C)c(=O)n(C)c3n2)c1. The molecule has 0 spiro atoms. The second kappa shape index (κ2) is 6.75. The quantitative estimate of drug-likeness (QED) is 0.463. The van der Waals surface area contributed by atoms with E-state index >= 15 is 0 Å². The predicted molar refractivity (Wildman–Crippen MR) is 95.9 cm³/mol. The Morgan fingerprint density at radius 1 is 1.19 bits per heavy atom. The van der Waals surface area contributed by atoms with Gasteiger partial charge in [-0.1, -0.05) is 35.5 Å². The molecule has 0 aliphatic heterocycles. The molecule has 0 amide bonds. The van der Waals surface area contributed by atoms with Crippen LogP contribution in [0.1, 0.15) is 5.56 Å². The summed E-state index contributed by atoms with van der Waals surface area (Å²) in [5.74, 6) is -1.34. The summed E-state index contributed by atoms with van der Waals surface area (Å²) in [5, 5.41) is 11.2. The molecule has 3 rings (SSSR count). The normalized spacial score (nSPS) is 11.0. The maximum Gasteiger partial charge on any atom is 0.332 e. The van der Waals surface area contributed by atoms with E-state index in [1.165, 1.54) is 18.7 Å². The second-order valence-corrected chi connectivity index (χ2v) is 6.75. The Morgan fingerprint density at radius 2 is 1.92 bits per heavy atom. The lowest BCUT2D eigenvalue weighted by molar-refractivity contribution is -0.301. The molecule has 0 saturated heterocycles.